The summed E-state index contributed by atoms with van der Waals surface area (Å²) in [6, 6.07) is 5.92. The van der Waals surface area contributed by atoms with Crippen molar-refractivity contribution < 1.29 is 9.53 Å². The maximum absolute atomic E-state index is 11.6. The lowest BCUT2D eigenvalue weighted by atomic mass is 10.2. The van der Waals surface area contributed by atoms with Crippen molar-refractivity contribution in [2.45, 2.75) is 13.8 Å². The maximum atomic E-state index is 11.6. The zero-order valence-corrected chi connectivity index (χ0v) is 13.4. The lowest BCUT2D eigenvalue weighted by Crippen LogP contribution is -2.04. The topological polar surface area (TPSA) is 61.9 Å². The predicted molar refractivity (Wildman–Crippen MR) is 88.2 cm³/mol. The fraction of sp³-hybridized carbons (Fsp3) is 0.235. The number of pyridine rings is 1. The Balaban J connectivity index is 2.11. The Hall–Kier alpha value is -2.89. The summed E-state index contributed by atoms with van der Waals surface area (Å²) in [7, 11) is 1.87. The van der Waals surface area contributed by atoms with E-state index < -0.39 is 0 Å². The van der Waals surface area contributed by atoms with Crippen molar-refractivity contribution in [2.75, 3.05) is 6.61 Å². The number of hydrogen-bond donors (Lipinski definition) is 0. The zero-order valence-electron chi connectivity index (χ0n) is 13.4. The van der Waals surface area contributed by atoms with Gasteiger partial charge in [-0.15, -0.1) is 0 Å². The van der Waals surface area contributed by atoms with Gasteiger partial charge < -0.3 is 4.74 Å². The quantitative estimate of drug-likeness (QED) is 0.549. The molecule has 0 saturated heterocycles. The van der Waals surface area contributed by atoms with Crippen LogP contribution in [0.25, 0.3) is 22.9 Å². The molecule has 118 valence electrons. The Kier molecular flexibility index (Phi) is 3.97. The number of carbonyl (C=O) groups excluding carboxylic acids is 1. The molecule has 0 fully saturated rings. The molecule has 0 aliphatic heterocycles. The van der Waals surface area contributed by atoms with Gasteiger partial charge in [-0.2, -0.15) is 5.10 Å². The highest BCUT2D eigenvalue weighted by atomic mass is 16.5. The summed E-state index contributed by atoms with van der Waals surface area (Å²) in [4.78, 5) is 16.0. The number of ether oxygens (including phenoxy) is 1. The van der Waals surface area contributed by atoms with E-state index in [0.29, 0.717) is 6.61 Å². The molecule has 0 unspecified atom stereocenters. The number of esters is 1. The van der Waals surface area contributed by atoms with Crippen LogP contribution in [-0.2, 0) is 16.6 Å². The van der Waals surface area contributed by atoms with E-state index in [9.17, 15) is 4.79 Å². The maximum Gasteiger partial charge on any atom is 0.330 e. The van der Waals surface area contributed by atoms with Crippen molar-refractivity contribution >= 4 is 23.1 Å². The highest BCUT2D eigenvalue weighted by molar-refractivity contribution is 5.88. The molecule has 0 aromatic carbocycles. The van der Waals surface area contributed by atoms with Gasteiger partial charge in [-0.05, 0) is 38.1 Å². The predicted octanol–water partition coefficient (Wildman–Crippen LogP) is 2.64. The summed E-state index contributed by atoms with van der Waals surface area (Å²) in [6.07, 6.45) is 6.88. The molecule has 0 saturated carbocycles. The van der Waals surface area contributed by atoms with Gasteiger partial charge in [-0.1, -0.05) is 0 Å². The van der Waals surface area contributed by atoms with E-state index >= 15 is 0 Å². The second kappa shape index (κ2) is 6.08. The highest BCUT2D eigenvalue weighted by Crippen LogP contribution is 2.24. The fourth-order valence-electron chi connectivity index (χ4n) is 2.62. The molecule has 0 bridgehead atoms. The number of aromatic nitrogens is 4. The molecule has 0 radical (unpaired) electrons. The molecule has 3 heterocycles. The average Bonchev–Trinajstić information content (AvgIpc) is 3.06. The summed E-state index contributed by atoms with van der Waals surface area (Å²) in [5.74, 6) is 0.494. The summed E-state index contributed by atoms with van der Waals surface area (Å²) in [5, 5.41) is 5.51. The monoisotopic (exact) mass is 310 g/mol. The van der Waals surface area contributed by atoms with Crippen molar-refractivity contribution in [3.63, 3.8) is 0 Å². The summed E-state index contributed by atoms with van der Waals surface area (Å²) >= 11 is 0. The van der Waals surface area contributed by atoms with Crippen LogP contribution in [0.5, 0.6) is 0 Å². The Bertz CT molecular complexity index is 889. The molecule has 3 aromatic heterocycles. The van der Waals surface area contributed by atoms with E-state index in [4.69, 9.17) is 4.74 Å². The van der Waals surface area contributed by atoms with Crippen molar-refractivity contribution in [3.8, 4) is 5.82 Å². The SMILES string of the molecule is CCOC(=O)C=Cc1c(C)nn(C)c1-n1ccc2cccnc21. The van der Waals surface area contributed by atoms with Gasteiger partial charge in [-0.25, -0.2) is 9.78 Å². The normalized spacial score (nSPS) is 11.4. The minimum absolute atomic E-state index is 0.355. The van der Waals surface area contributed by atoms with Crippen LogP contribution in [0, 0.1) is 6.92 Å². The van der Waals surface area contributed by atoms with Crippen molar-refractivity contribution in [1.82, 2.24) is 19.3 Å². The van der Waals surface area contributed by atoms with Crippen molar-refractivity contribution in [3.05, 3.63) is 47.9 Å². The van der Waals surface area contributed by atoms with Crippen molar-refractivity contribution in [2.24, 2.45) is 7.05 Å². The first kappa shape index (κ1) is 15.0. The molecule has 6 nitrogen and oxygen atoms in total. The number of nitrogens with zero attached hydrogens (tertiary/aromatic N) is 4. The number of aryl methyl sites for hydroxylation is 2. The molecular formula is C17H18N4O2. The van der Waals surface area contributed by atoms with E-state index in [-0.39, 0.29) is 5.97 Å². The van der Waals surface area contributed by atoms with Crippen LogP contribution in [0.2, 0.25) is 0 Å². The van der Waals surface area contributed by atoms with Crippen LogP contribution in [0.1, 0.15) is 18.2 Å². The standard InChI is InChI=1S/C17H18N4O2/c1-4-23-15(22)8-7-14-12(2)19-20(3)17(14)21-11-9-13-6-5-10-18-16(13)21/h5-11H,4H2,1-3H3. The van der Waals surface area contributed by atoms with Gasteiger partial charge in [0.1, 0.15) is 11.5 Å². The minimum atomic E-state index is -0.364. The van der Waals surface area contributed by atoms with Gasteiger partial charge in [0.05, 0.1) is 12.3 Å². The molecule has 0 N–H and O–H groups in total. The number of rotatable bonds is 4. The van der Waals surface area contributed by atoms with Crippen LogP contribution in [0.15, 0.2) is 36.7 Å². The Morgan fingerprint density at radius 2 is 2.22 bits per heavy atom. The van der Waals surface area contributed by atoms with E-state index in [1.54, 1.807) is 23.9 Å². The smallest absolute Gasteiger partial charge is 0.330 e. The third kappa shape index (κ3) is 2.75. The minimum Gasteiger partial charge on any atom is -0.463 e. The van der Waals surface area contributed by atoms with E-state index in [2.05, 4.69) is 10.1 Å². The van der Waals surface area contributed by atoms with Crippen LogP contribution in [0.4, 0.5) is 0 Å². The summed E-state index contributed by atoms with van der Waals surface area (Å²) in [6.45, 7) is 4.05. The second-order valence-electron chi connectivity index (χ2n) is 5.13. The largest absolute Gasteiger partial charge is 0.463 e. The van der Waals surface area contributed by atoms with E-state index in [1.165, 1.54) is 6.08 Å². The van der Waals surface area contributed by atoms with Crippen LogP contribution >= 0.6 is 0 Å². The van der Waals surface area contributed by atoms with Crippen molar-refractivity contribution in [1.29, 1.82) is 0 Å². The average molecular weight is 310 g/mol. The van der Waals surface area contributed by atoms with E-state index in [0.717, 1.165) is 28.1 Å². The fourth-order valence-corrected chi connectivity index (χ4v) is 2.62. The molecule has 23 heavy (non-hydrogen) atoms. The zero-order chi connectivity index (χ0) is 16.4. The lowest BCUT2D eigenvalue weighted by Gasteiger charge is -2.07. The van der Waals surface area contributed by atoms with E-state index in [1.807, 2.05) is 42.9 Å². The van der Waals surface area contributed by atoms with Gasteiger partial charge in [0, 0.05) is 36.5 Å². The van der Waals surface area contributed by atoms with Gasteiger partial charge in [-0.3, -0.25) is 9.25 Å². The molecule has 6 heteroatoms. The van der Waals surface area contributed by atoms with Gasteiger partial charge >= 0.3 is 5.97 Å². The van der Waals surface area contributed by atoms with Crippen LogP contribution < -0.4 is 0 Å². The first-order chi connectivity index (χ1) is 11.1. The highest BCUT2D eigenvalue weighted by Gasteiger charge is 2.15. The number of carbonyl (C=O) groups is 1. The number of fused-ring (bicyclic) bond motifs is 1. The molecule has 3 rings (SSSR count). The van der Waals surface area contributed by atoms with Crippen LogP contribution in [-0.4, -0.2) is 31.9 Å². The summed E-state index contributed by atoms with van der Waals surface area (Å²) < 4.78 is 8.70. The number of hydrogen-bond acceptors (Lipinski definition) is 4. The molecule has 0 atom stereocenters. The molecular weight excluding hydrogens is 292 g/mol. The first-order valence-corrected chi connectivity index (χ1v) is 7.42. The third-order valence-corrected chi connectivity index (χ3v) is 3.59. The molecule has 3 aromatic rings. The van der Waals surface area contributed by atoms with Gasteiger partial charge in [0.2, 0.25) is 0 Å². The van der Waals surface area contributed by atoms with Gasteiger partial charge in [0.15, 0.2) is 0 Å². The van der Waals surface area contributed by atoms with Gasteiger partial charge in [0.25, 0.3) is 0 Å². The summed E-state index contributed by atoms with van der Waals surface area (Å²) in [5.41, 5.74) is 2.55. The molecule has 0 spiro atoms. The second-order valence-corrected chi connectivity index (χ2v) is 5.13. The molecule has 0 aliphatic rings. The molecule has 0 aliphatic carbocycles. The Morgan fingerprint density at radius 3 is 3.00 bits per heavy atom. The molecule has 0 amide bonds. The third-order valence-electron chi connectivity index (χ3n) is 3.59. The van der Waals surface area contributed by atoms with Crippen LogP contribution in [0.3, 0.4) is 0 Å². The Labute approximate surface area is 134 Å². The Morgan fingerprint density at radius 1 is 1.39 bits per heavy atom. The first-order valence-electron chi connectivity index (χ1n) is 7.42. The lowest BCUT2D eigenvalue weighted by molar-refractivity contribution is -0.137.